The average molecular weight is 203 g/mol. The zero-order chi connectivity index (χ0) is 10.4. The predicted octanol–water partition coefficient (Wildman–Crippen LogP) is 0.282. The molecule has 0 amide bonds. The lowest BCUT2D eigenvalue weighted by molar-refractivity contribution is -0.154. The highest BCUT2D eigenvalue weighted by Crippen LogP contribution is 2.32. The van der Waals surface area contributed by atoms with E-state index in [0.29, 0.717) is 13.2 Å². The minimum Gasteiger partial charge on any atom is -0.394 e. The molecule has 0 aliphatic heterocycles. The first-order chi connectivity index (χ1) is 6.79. The van der Waals surface area contributed by atoms with Crippen molar-refractivity contribution in [1.82, 2.24) is 0 Å². The summed E-state index contributed by atoms with van der Waals surface area (Å²) >= 11 is 0. The smallest absolute Gasteiger partial charge is 0.106 e. The summed E-state index contributed by atoms with van der Waals surface area (Å²) in [4.78, 5) is 0. The van der Waals surface area contributed by atoms with Gasteiger partial charge in [-0.25, -0.2) is 0 Å². The maximum Gasteiger partial charge on any atom is 0.106 e. The Bertz CT molecular complexity index is 165. The van der Waals surface area contributed by atoms with E-state index >= 15 is 0 Å². The Kier molecular flexibility index (Phi) is 4.81. The molecule has 1 aliphatic carbocycles. The van der Waals surface area contributed by atoms with Crippen LogP contribution in [0.15, 0.2) is 0 Å². The molecule has 0 radical (unpaired) electrons. The lowest BCUT2D eigenvalue weighted by Crippen LogP contribution is -2.54. The minimum atomic E-state index is -0.365. The second-order valence-electron chi connectivity index (χ2n) is 3.81. The molecule has 4 nitrogen and oxygen atoms in total. The number of hydrogen-bond acceptors (Lipinski definition) is 4. The summed E-state index contributed by atoms with van der Waals surface area (Å²) in [5.74, 6) is 0. The fourth-order valence-electron chi connectivity index (χ4n) is 2.22. The molecule has 84 valence electrons. The molecule has 1 saturated carbocycles. The molecule has 0 aromatic heterocycles. The van der Waals surface area contributed by atoms with E-state index < -0.39 is 0 Å². The number of aliphatic hydroxyl groups is 1. The number of hydrogen-bond donors (Lipinski definition) is 2. The van der Waals surface area contributed by atoms with Gasteiger partial charge in [0.2, 0.25) is 0 Å². The van der Waals surface area contributed by atoms with E-state index in [1.807, 2.05) is 0 Å². The van der Waals surface area contributed by atoms with Gasteiger partial charge in [-0.15, -0.1) is 0 Å². The summed E-state index contributed by atoms with van der Waals surface area (Å²) in [6, 6.07) is 0. The Hall–Kier alpha value is -0.160. The summed E-state index contributed by atoms with van der Waals surface area (Å²) in [6.07, 6.45) is 4.31. The van der Waals surface area contributed by atoms with Crippen molar-refractivity contribution in [3.63, 3.8) is 0 Å². The molecule has 0 aromatic rings. The van der Waals surface area contributed by atoms with Crippen molar-refractivity contribution in [1.29, 1.82) is 0 Å². The van der Waals surface area contributed by atoms with Crippen LogP contribution in [0.5, 0.6) is 0 Å². The van der Waals surface area contributed by atoms with Crippen LogP contribution in [-0.2, 0) is 9.47 Å². The highest BCUT2D eigenvalue weighted by Gasteiger charge is 2.40. The van der Waals surface area contributed by atoms with Gasteiger partial charge in [-0.3, -0.25) is 0 Å². The Balaban J connectivity index is 2.60. The van der Waals surface area contributed by atoms with Gasteiger partial charge in [0.25, 0.3) is 0 Å². The summed E-state index contributed by atoms with van der Waals surface area (Å²) in [5.41, 5.74) is 5.39. The topological polar surface area (TPSA) is 64.7 Å². The Morgan fingerprint density at radius 1 is 1.50 bits per heavy atom. The van der Waals surface area contributed by atoms with Gasteiger partial charge in [0.15, 0.2) is 0 Å². The second-order valence-corrected chi connectivity index (χ2v) is 3.81. The molecule has 4 heteroatoms. The standard InChI is InChI=1S/C10H21NO3/c1-13-9-4-2-3-5-10(9,8-11)14-7-6-12/h9,12H,2-8,11H2,1H3. The molecule has 0 saturated heterocycles. The number of ether oxygens (including phenoxy) is 2. The lowest BCUT2D eigenvalue weighted by atomic mass is 9.82. The second kappa shape index (κ2) is 5.66. The number of aliphatic hydroxyl groups excluding tert-OH is 1. The lowest BCUT2D eigenvalue weighted by Gasteiger charge is -2.42. The molecule has 14 heavy (non-hydrogen) atoms. The third kappa shape index (κ3) is 2.45. The van der Waals surface area contributed by atoms with E-state index in [2.05, 4.69) is 0 Å². The van der Waals surface area contributed by atoms with E-state index in [1.54, 1.807) is 7.11 Å². The predicted molar refractivity (Wildman–Crippen MR) is 54.1 cm³/mol. The number of methoxy groups -OCH3 is 1. The van der Waals surface area contributed by atoms with Crippen LogP contribution in [0.4, 0.5) is 0 Å². The van der Waals surface area contributed by atoms with Crippen molar-refractivity contribution in [3.8, 4) is 0 Å². The SMILES string of the molecule is COC1CCCCC1(CN)OCCO. The first-order valence-electron chi connectivity index (χ1n) is 5.27. The van der Waals surface area contributed by atoms with Crippen molar-refractivity contribution in [2.24, 2.45) is 5.73 Å². The summed E-state index contributed by atoms with van der Waals surface area (Å²) in [7, 11) is 1.70. The van der Waals surface area contributed by atoms with Gasteiger partial charge < -0.3 is 20.3 Å². The quantitative estimate of drug-likeness (QED) is 0.673. The van der Waals surface area contributed by atoms with Gasteiger partial charge in [-0.1, -0.05) is 12.8 Å². The van der Waals surface area contributed by atoms with Gasteiger partial charge in [0.1, 0.15) is 5.60 Å². The molecule has 0 spiro atoms. The van der Waals surface area contributed by atoms with Crippen LogP contribution in [-0.4, -0.2) is 43.7 Å². The number of rotatable bonds is 5. The molecule has 3 N–H and O–H groups in total. The summed E-state index contributed by atoms with van der Waals surface area (Å²) in [6.45, 7) is 0.848. The average Bonchev–Trinajstić information content (AvgIpc) is 2.26. The molecule has 0 aromatic carbocycles. The summed E-state index contributed by atoms with van der Waals surface area (Å²) < 4.78 is 11.1. The van der Waals surface area contributed by atoms with Gasteiger partial charge >= 0.3 is 0 Å². The van der Waals surface area contributed by atoms with Crippen molar-refractivity contribution in [3.05, 3.63) is 0 Å². The third-order valence-electron chi connectivity index (χ3n) is 3.01. The Morgan fingerprint density at radius 3 is 2.86 bits per heavy atom. The molecule has 2 unspecified atom stereocenters. The first-order valence-corrected chi connectivity index (χ1v) is 5.27. The van der Waals surface area contributed by atoms with Crippen LogP contribution >= 0.6 is 0 Å². The zero-order valence-corrected chi connectivity index (χ0v) is 8.87. The molecule has 1 rings (SSSR count). The molecular weight excluding hydrogens is 182 g/mol. The van der Waals surface area contributed by atoms with E-state index in [0.717, 1.165) is 19.3 Å². The van der Waals surface area contributed by atoms with Crippen LogP contribution in [0.1, 0.15) is 25.7 Å². The number of nitrogens with two attached hydrogens (primary N) is 1. The Labute approximate surface area is 85.4 Å². The molecule has 0 bridgehead atoms. The summed E-state index contributed by atoms with van der Waals surface area (Å²) in [5, 5.41) is 8.76. The van der Waals surface area contributed by atoms with Crippen LogP contribution in [0.3, 0.4) is 0 Å². The van der Waals surface area contributed by atoms with E-state index in [1.165, 1.54) is 6.42 Å². The molecular formula is C10H21NO3. The maximum atomic E-state index is 8.76. The van der Waals surface area contributed by atoms with Crippen LogP contribution < -0.4 is 5.73 Å². The van der Waals surface area contributed by atoms with Gasteiger partial charge in [-0.05, 0) is 12.8 Å². The largest absolute Gasteiger partial charge is 0.394 e. The van der Waals surface area contributed by atoms with Crippen molar-refractivity contribution in [2.45, 2.75) is 37.4 Å². The van der Waals surface area contributed by atoms with Crippen LogP contribution in [0, 0.1) is 0 Å². The third-order valence-corrected chi connectivity index (χ3v) is 3.01. The highest BCUT2D eigenvalue weighted by atomic mass is 16.5. The maximum absolute atomic E-state index is 8.76. The fraction of sp³-hybridized carbons (Fsp3) is 1.00. The zero-order valence-electron chi connectivity index (χ0n) is 8.87. The Morgan fingerprint density at radius 2 is 2.29 bits per heavy atom. The normalized spacial score (nSPS) is 33.2. The van der Waals surface area contributed by atoms with Gasteiger partial charge in [0, 0.05) is 13.7 Å². The van der Waals surface area contributed by atoms with Crippen molar-refractivity contribution >= 4 is 0 Å². The van der Waals surface area contributed by atoms with Crippen LogP contribution in [0.2, 0.25) is 0 Å². The van der Waals surface area contributed by atoms with E-state index in [4.69, 9.17) is 20.3 Å². The molecule has 1 aliphatic rings. The highest BCUT2D eigenvalue weighted by molar-refractivity contribution is 4.93. The van der Waals surface area contributed by atoms with Crippen molar-refractivity contribution in [2.75, 3.05) is 26.9 Å². The first kappa shape index (κ1) is 11.9. The van der Waals surface area contributed by atoms with Gasteiger partial charge in [0.05, 0.1) is 19.3 Å². The monoisotopic (exact) mass is 203 g/mol. The molecule has 2 atom stereocenters. The van der Waals surface area contributed by atoms with Crippen molar-refractivity contribution < 1.29 is 14.6 Å². The molecule has 0 heterocycles. The molecule has 1 fully saturated rings. The van der Waals surface area contributed by atoms with E-state index in [-0.39, 0.29) is 18.3 Å². The van der Waals surface area contributed by atoms with Crippen LogP contribution in [0.25, 0.3) is 0 Å². The fourth-order valence-corrected chi connectivity index (χ4v) is 2.22. The minimum absolute atomic E-state index is 0.0399. The van der Waals surface area contributed by atoms with E-state index in [9.17, 15) is 0 Å². The van der Waals surface area contributed by atoms with Gasteiger partial charge in [-0.2, -0.15) is 0 Å².